The summed E-state index contributed by atoms with van der Waals surface area (Å²) < 4.78 is 5.08. The van der Waals surface area contributed by atoms with Crippen LogP contribution in [0, 0.1) is 19.8 Å². The van der Waals surface area contributed by atoms with Crippen molar-refractivity contribution in [2.75, 3.05) is 6.61 Å². The van der Waals surface area contributed by atoms with Crippen LogP contribution in [0.2, 0.25) is 0 Å². The predicted octanol–water partition coefficient (Wildman–Crippen LogP) is 2.61. The molecule has 2 unspecified atom stereocenters. The first-order valence-electron chi connectivity index (χ1n) is 7.38. The molecule has 116 valence electrons. The molecule has 1 aromatic rings. The van der Waals surface area contributed by atoms with Gasteiger partial charge in [0.15, 0.2) is 6.61 Å². The van der Waals surface area contributed by atoms with Gasteiger partial charge < -0.3 is 10.1 Å². The highest BCUT2D eigenvalue weighted by Gasteiger charge is 2.23. The number of aryl methyl sites for hydroxylation is 2. The van der Waals surface area contributed by atoms with Crippen LogP contribution in [-0.2, 0) is 9.53 Å². The molecule has 6 heteroatoms. The zero-order chi connectivity index (χ0) is 15.4. The first-order valence-corrected chi connectivity index (χ1v) is 8.19. The van der Waals surface area contributed by atoms with Crippen LogP contribution in [0.15, 0.2) is 0 Å². The molecule has 1 saturated carbocycles. The van der Waals surface area contributed by atoms with Crippen LogP contribution in [0.4, 0.5) is 0 Å². The minimum Gasteiger partial charge on any atom is -0.451 e. The molecule has 1 fully saturated rings. The molecule has 1 aliphatic carbocycles. The summed E-state index contributed by atoms with van der Waals surface area (Å²) in [7, 11) is 0. The van der Waals surface area contributed by atoms with Gasteiger partial charge in [-0.25, -0.2) is 9.78 Å². The number of rotatable bonds is 4. The van der Waals surface area contributed by atoms with E-state index in [1.807, 2.05) is 6.92 Å². The summed E-state index contributed by atoms with van der Waals surface area (Å²) in [6.07, 6.45) is 4.53. The van der Waals surface area contributed by atoms with Gasteiger partial charge in [-0.1, -0.05) is 19.8 Å². The number of ether oxygens (including phenoxy) is 1. The predicted molar refractivity (Wildman–Crippen MR) is 81.4 cm³/mol. The van der Waals surface area contributed by atoms with Gasteiger partial charge in [0.1, 0.15) is 4.88 Å². The van der Waals surface area contributed by atoms with Crippen molar-refractivity contribution in [2.45, 2.75) is 52.5 Å². The number of aromatic nitrogens is 1. The summed E-state index contributed by atoms with van der Waals surface area (Å²) in [5.41, 5.74) is 0.656. The maximum absolute atomic E-state index is 11.9. The standard InChI is InChI=1S/C15H22N2O3S/c1-9-6-4-5-7-12(9)17-13(18)8-20-15(19)14-10(2)16-11(3)21-14/h9,12H,4-8H2,1-3H3,(H,17,18). The van der Waals surface area contributed by atoms with Crippen molar-refractivity contribution in [1.82, 2.24) is 10.3 Å². The van der Waals surface area contributed by atoms with Gasteiger partial charge in [-0.3, -0.25) is 4.79 Å². The van der Waals surface area contributed by atoms with Crippen LogP contribution in [-0.4, -0.2) is 29.5 Å². The second-order valence-corrected chi connectivity index (χ2v) is 6.86. The minimum atomic E-state index is -0.468. The number of carbonyl (C=O) groups is 2. The Bertz CT molecular complexity index is 527. The van der Waals surface area contributed by atoms with Crippen LogP contribution < -0.4 is 5.32 Å². The van der Waals surface area contributed by atoms with E-state index in [2.05, 4.69) is 17.2 Å². The number of hydrogen-bond donors (Lipinski definition) is 1. The van der Waals surface area contributed by atoms with Crippen LogP contribution in [0.1, 0.15) is 53.0 Å². The lowest BCUT2D eigenvalue weighted by Gasteiger charge is -2.29. The summed E-state index contributed by atoms with van der Waals surface area (Å²) in [4.78, 5) is 28.4. The molecule has 0 spiro atoms. The van der Waals surface area contributed by atoms with E-state index < -0.39 is 5.97 Å². The third-order valence-corrected chi connectivity index (χ3v) is 4.93. The van der Waals surface area contributed by atoms with Crippen molar-refractivity contribution in [1.29, 1.82) is 0 Å². The zero-order valence-electron chi connectivity index (χ0n) is 12.8. The third kappa shape index (κ3) is 4.27. The van der Waals surface area contributed by atoms with E-state index >= 15 is 0 Å². The van der Waals surface area contributed by atoms with Gasteiger partial charge in [0.2, 0.25) is 0 Å². The molecule has 5 nitrogen and oxygen atoms in total. The maximum atomic E-state index is 11.9. The topological polar surface area (TPSA) is 68.3 Å². The normalized spacial score (nSPS) is 21.9. The molecule has 21 heavy (non-hydrogen) atoms. The van der Waals surface area contributed by atoms with Crippen molar-refractivity contribution in [2.24, 2.45) is 5.92 Å². The van der Waals surface area contributed by atoms with Crippen molar-refractivity contribution in [3.8, 4) is 0 Å². The average Bonchev–Trinajstić information content (AvgIpc) is 2.78. The highest BCUT2D eigenvalue weighted by molar-refractivity contribution is 7.13. The van der Waals surface area contributed by atoms with Gasteiger partial charge in [0, 0.05) is 6.04 Å². The Morgan fingerprint density at radius 2 is 2.05 bits per heavy atom. The second-order valence-electron chi connectivity index (χ2n) is 5.66. The fourth-order valence-electron chi connectivity index (χ4n) is 2.70. The van der Waals surface area contributed by atoms with Crippen LogP contribution in [0.3, 0.4) is 0 Å². The Kier molecular flexibility index (Phi) is 5.33. The molecule has 1 amide bonds. The summed E-state index contributed by atoms with van der Waals surface area (Å²) in [6, 6.07) is 0.206. The van der Waals surface area contributed by atoms with E-state index in [9.17, 15) is 9.59 Å². The first kappa shape index (κ1) is 15.9. The van der Waals surface area contributed by atoms with Crippen molar-refractivity contribution >= 4 is 23.2 Å². The van der Waals surface area contributed by atoms with Gasteiger partial charge >= 0.3 is 5.97 Å². The molecular formula is C15H22N2O3S. The van der Waals surface area contributed by atoms with E-state index in [0.717, 1.165) is 24.3 Å². The lowest BCUT2D eigenvalue weighted by molar-refractivity contribution is -0.125. The molecule has 1 N–H and O–H groups in total. The molecule has 0 radical (unpaired) electrons. The number of carbonyl (C=O) groups excluding carboxylic acids is 2. The van der Waals surface area contributed by atoms with Gasteiger partial charge in [-0.15, -0.1) is 11.3 Å². The van der Waals surface area contributed by atoms with E-state index in [4.69, 9.17) is 4.74 Å². The van der Waals surface area contributed by atoms with Crippen molar-refractivity contribution in [3.63, 3.8) is 0 Å². The molecule has 2 rings (SSSR count). The summed E-state index contributed by atoms with van der Waals surface area (Å²) in [5, 5.41) is 3.79. The Hall–Kier alpha value is -1.43. The van der Waals surface area contributed by atoms with E-state index in [0.29, 0.717) is 16.5 Å². The third-order valence-electron chi connectivity index (χ3n) is 3.88. The number of thiazole rings is 1. The van der Waals surface area contributed by atoms with E-state index in [1.54, 1.807) is 6.92 Å². The van der Waals surface area contributed by atoms with Crippen molar-refractivity contribution < 1.29 is 14.3 Å². The molecule has 0 aromatic carbocycles. The molecule has 1 aromatic heterocycles. The van der Waals surface area contributed by atoms with Crippen molar-refractivity contribution in [3.05, 3.63) is 15.6 Å². The number of nitrogens with one attached hydrogen (secondary N) is 1. The molecule has 0 aliphatic heterocycles. The molecule has 0 saturated heterocycles. The second kappa shape index (κ2) is 7.02. The average molecular weight is 310 g/mol. The Balaban J connectivity index is 1.81. The maximum Gasteiger partial charge on any atom is 0.350 e. The first-order chi connectivity index (χ1) is 9.97. The summed E-state index contributed by atoms with van der Waals surface area (Å²) in [6.45, 7) is 5.54. The van der Waals surface area contributed by atoms with Crippen LogP contribution >= 0.6 is 11.3 Å². The smallest absolute Gasteiger partial charge is 0.350 e. The van der Waals surface area contributed by atoms with Crippen LogP contribution in [0.25, 0.3) is 0 Å². The number of esters is 1. The van der Waals surface area contributed by atoms with Gasteiger partial charge in [0.25, 0.3) is 5.91 Å². The number of nitrogens with zero attached hydrogens (tertiary/aromatic N) is 1. The highest BCUT2D eigenvalue weighted by Crippen LogP contribution is 2.23. The number of hydrogen-bond acceptors (Lipinski definition) is 5. The summed E-state index contributed by atoms with van der Waals surface area (Å²) >= 11 is 1.29. The van der Waals surface area contributed by atoms with Gasteiger partial charge in [0.05, 0.1) is 10.7 Å². The van der Waals surface area contributed by atoms with E-state index in [1.165, 1.54) is 17.8 Å². The lowest BCUT2D eigenvalue weighted by Crippen LogP contribution is -2.42. The van der Waals surface area contributed by atoms with Crippen LogP contribution in [0.5, 0.6) is 0 Å². The quantitative estimate of drug-likeness (QED) is 0.868. The summed E-state index contributed by atoms with van der Waals surface area (Å²) in [5.74, 6) is -0.198. The molecule has 0 bridgehead atoms. The number of amides is 1. The monoisotopic (exact) mass is 310 g/mol. The molecular weight excluding hydrogens is 288 g/mol. The molecule has 1 aliphatic rings. The van der Waals surface area contributed by atoms with Gasteiger partial charge in [-0.05, 0) is 32.6 Å². The van der Waals surface area contributed by atoms with Gasteiger partial charge in [-0.2, -0.15) is 0 Å². The Morgan fingerprint density at radius 3 is 2.67 bits per heavy atom. The Labute approximate surface area is 129 Å². The zero-order valence-corrected chi connectivity index (χ0v) is 13.6. The fourth-order valence-corrected chi connectivity index (χ4v) is 3.51. The van der Waals surface area contributed by atoms with E-state index in [-0.39, 0.29) is 18.6 Å². The molecule has 2 atom stereocenters. The molecule has 1 heterocycles. The fraction of sp³-hybridized carbons (Fsp3) is 0.667. The minimum absolute atomic E-state index is 0.206. The lowest BCUT2D eigenvalue weighted by atomic mass is 9.86. The Morgan fingerprint density at radius 1 is 1.33 bits per heavy atom. The largest absolute Gasteiger partial charge is 0.451 e. The highest BCUT2D eigenvalue weighted by atomic mass is 32.1. The SMILES string of the molecule is Cc1nc(C)c(C(=O)OCC(=O)NC2CCCCC2C)s1.